The number of carbonyl (C=O) groups excluding carboxylic acids is 2. The van der Waals surface area contributed by atoms with Crippen LogP contribution in [0.3, 0.4) is 0 Å². The van der Waals surface area contributed by atoms with Gasteiger partial charge in [0, 0.05) is 11.4 Å². The van der Waals surface area contributed by atoms with E-state index in [4.69, 9.17) is 5.11 Å². The first-order valence-electron chi connectivity index (χ1n) is 6.02. The molecule has 0 aliphatic rings. The molecule has 0 fully saturated rings. The molecule has 0 spiro atoms. The van der Waals surface area contributed by atoms with Crippen molar-refractivity contribution in [3.8, 4) is 5.75 Å². The molecule has 2 amide bonds. The summed E-state index contributed by atoms with van der Waals surface area (Å²) in [5, 5.41) is 14.1. The number of anilines is 2. The van der Waals surface area contributed by atoms with Crippen LogP contribution in [0.1, 0.15) is 5.56 Å². The third-order valence-corrected chi connectivity index (χ3v) is 2.61. The van der Waals surface area contributed by atoms with Crippen LogP contribution in [0.5, 0.6) is 5.75 Å². The van der Waals surface area contributed by atoms with Crippen molar-refractivity contribution in [1.82, 2.24) is 0 Å². The van der Waals surface area contributed by atoms with E-state index >= 15 is 0 Å². The molecule has 0 radical (unpaired) electrons. The number of aromatic hydroxyl groups is 1. The van der Waals surface area contributed by atoms with Gasteiger partial charge in [-0.3, -0.25) is 9.59 Å². The lowest BCUT2D eigenvalue weighted by Crippen LogP contribution is -2.29. The minimum absolute atomic E-state index is 0.0900. The van der Waals surface area contributed by atoms with E-state index in [9.17, 15) is 9.59 Å². The topological polar surface area (TPSA) is 78.4 Å². The average molecular weight is 270 g/mol. The molecule has 0 atom stereocenters. The van der Waals surface area contributed by atoms with E-state index in [1.54, 1.807) is 18.2 Å². The molecule has 20 heavy (non-hydrogen) atoms. The van der Waals surface area contributed by atoms with Gasteiger partial charge in [-0.05, 0) is 48.9 Å². The molecular weight excluding hydrogens is 256 g/mol. The van der Waals surface area contributed by atoms with Crippen LogP contribution in [0.4, 0.5) is 11.4 Å². The zero-order valence-corrected chi connectivity index (χ0v) is 10.9. The first-order valence-corrected chi connectivity index (χ1v) is 6.02. The number of amides is 2. The largest absolute Gasteiger partial charge is 0.508 e. The molecule has 0 saturated carbocycles. The Morgan fingerprint density at radius 3 is 2.10 bits per heavy atom. The Morgan fingerprint density at radius 1 is 0.900 bits per heavy atom. The Kier molecular flexibility index (Phi) is 4.00. The van der Waals surface area contributed by atoms with Gasteiger partial charge >= 0.3 is 11.8 Å². The maximum absolute atomic E-state index is 11.7. The molecular formula is C15H14N2O3. The molecule has 2 aromatic carbocycles. The van der Waals surface area contributed by atoms with Crippen molar-refractivity contribution in [2.24, 2.45) is 0 Å². The van der Waals surface area contributed by atoms with E-state index in [1.165, 1.54) is 24.3 Å². The summed E-state index contributed by atoms with van der Waals surface area (Å²) in [6, 6.07) is 13.0. The number of rotatable bonds is 2. The summed E-state index contributed by atoms with van der Waals surface area (Å²) in [7, 11) is 0. The molecule has 3 N–H and O–H groups in total. The van der Waals surface area contributed by atoms with Crippen LogP contribution >= 0.6 is 0 Å². The quantitative estimate of drug-likeness (QED) is 0.578. The Labute approximate surface area is 116 Å². The van der Waals surface area contributed by atoms with Crippen LogP contribution in [0.15, 0.2) is 48.5 Å². The van der Waals surface area contributed by atoms with Gasteiger partial charge in [0.1, 0.15) is 5.75 Å². The third kappa shape index (κ3) is 3.58. The predicted octanol–water partition coefficient (Wildman–Crippen LogP) is 2.28. The first kappa shape index (κ1) is 13.6. The van der Waals surface area contributed by atoms with Crippen molar-refractivity contribution in [2.45, 2.75) is 6.92 Å². The number of phenols is 1. The summed E-state index contributed by atoms with van der Waals surface area (Å²) < 4.78 is 0. The SMILES string of the molecule is Cc1cccc(NC(=O)C(=O)Nc2ccc(O)cc2)c1. The molecule has 0 heterocycles. The summed E-state index contributed by atoms with van der Waals surface area (Å²) in [5.41, 5.74) is 1.99. The fraction of sp³-hybridized carbons (Fsp3) is 0.0667. The molecule has 0 saturated heterocycles. The van der Waals surface area contributed by atoms with E-state index in [1.807, 2.05) is 13.0 Å². The zero-order valence-electron chi connectivity index (χ0n) is 10.9. The number of phenolic OH excluding ortho intramolecular Hbond substituents is 1. The first-order chi connectivity index (χ1) is 9.54. The highest BCUT2D eigenvalue weighted by Crippen LogP contribution is 2.14. The minimum atomic E-state index is -0.766. The monoisotopic (exact) mass is 270 g/mol. The van der Waals surface area contributed by atoms with Gasteiger partial charge in [0.2, 0.25) is 0 Å². The number of nitrogens with one attached hydrogen (secondary N) is 2. The van der Waals surface area contributed by atoms with Crippen LogP contribution in [0.25, 0.3) is 0 Å². The number of hydrogen-bond acceptors (Lipinski definition) is 3. The zero-order chi connectivity index (χ0) is 14.5. The summed E-state index contributed by atoms with van der Waals surface area (Å²) in [4.78, 5) is 23.4. The summed E-state index contributed by atoms with van der Waals surface area (Å²) in [6.07, 6.45) is 0. The van der Waals surface area contributed by atoms with Gasteiger partial charge in [-0.15, -0.1) is 0 Å². The Hall–Kier alpha value is -2.82. The normalized spacial score (nSPS) is 9.85. The molecule has 0 aliphatic heterocycles. The Balaban J connectivity index is 1.98. The van der Waals surface area contributed by atoms with E-state index in [2.05, 4.69) is 10.6 Å². The second kappa shape index (κ2) is 5.88. The highest BCUT2D eigenvalue weighted by Gasteiger charge is 2.13. The maximum Gasteiger partial charge on any atom is 0.314 e. The van der Waals surface area contributed by atoms with E-state index < -0.39 is 11.8 Å². The molecule has 0 aliphatic carbocycles. The summed E-state index contributed by atoms with van der Waals surface area (Å²) in [6.45, 7) is 1.90. The molecule has 2 rings (SSSR count). The average Bonchev–Trinajstić information content (AvgIpc) is 2.41. The van der Waals surface area contributed by atoms with Crippen molar-refractivity contribution < 1.29 is 14.7 Å². The van der Waals surface area contributed by atoms with Gasteiger partial charge in [-0.2, -0.15) is 0 Å². The van der Waals surface area contributed by atoms with E-state index in [-0.39, 0.29) is 5.75 Å². The van der Waals surface area contributed by atoms with Crippen LogP contribution in [-0.4, -0.2) is 16.9 Å². The third-order valence-electron chi connectivity index (χ3n) is 2.61. The molecule has 0 unspecified atom stereocenters. The van der Waals surface area contributed by atoms with Gasteiger partial charge < -0.3 is 15.7 Å². The van der Waals surface area contributed by atoms with E-state index in [0.717, 1.165) is 5.56 Å². The lowest BCUT2D eigenvalue weighted by molar-refractivity contribution is -0.132. The summed E-state index contributed by atoms with van der Waals surface area (Å²) in [5.74, 6) is -1.42. The maximum atomic E-state index is 11.7. The minimum Gasteiger partial charge on any atom is -0.508 e. The van der Waals surface area contributed by atoms with Crippen LogP contribution < -0.4 is 10.6 Å². The van der Waals surface area contributed by atoms with Crippen LogP contribution in [-0.2, 0) is 9.59 Å². The molecule has 2 aromatic rings. The molecule has 5 nitrogen and oxygen atoms in total. The fourth-order valence-corrected chi connectivity index (χ4v) is 1.64. The van der Waals surface area contributed by atoms with Gasteiger partial charge in [-0.25, -0.2) is 0 Å². The molecule has 0 aromatic heterocycles. The van der Waals surface area contributed by atoms with Gasteiger partial charge in [-0.1, -0.05) is 12.1 Å². The van der Waals surface area contributed by atoms with Crippen molar-refractivity contribution in [3.63, 3.8) is 0 Å². The molecule has 5 heteroatoms. The highest BCUT2D eigenvalue weighted by molar-refractivity contribution is 6.43. The standard InChI is InChI=1S/C15H14N2O3/c1-10-3-2-4-12(9-10)17-15(20)14(19)16-11-5-7-13(18)8-6-11/h2-9,18H,1H3,(H,16,19)(H,17,20). The molecule has 0 bridgehead atoms. The van der Waals surface area contributed by atoms with E-state index in [0.29, 0.717) is 11.4 Å². The molecule has 102 valence electrons. The Bertz CT molecular complexity index is 636. The van der Waals surface area contributed by atoms with Crippen molar-refractivity contribution >= 4 is 23.2 Å². The number of benzene rings is 2. The smallest absolute Gasteiger partial charge is 0.314 e. The summed E-state index contributed by atoms with van der Waals surface area (Å²) >= 11 is 0. The van der Waals surface area contributed by atoms with Crippen LogP contribution in [0.2, 0.25) is 0 Å². The van der Waals surface area contributed by atoms with Gasteiger partial charge in [0.25, 0.3) is 0 Å². The number of hydrogen-bond donors (Lipinski definition) is 3. The van der Waals surface area contributed by atoms with Gasteiger partial charge in [0.05, 0.1) is 0 Å². The number of carbonyl (C=O) groups is 2. The predicted molar refractivity (Wildman–Crippen MR) is 76.5 cm³/mol. The van der Waals surface area contributed by atoms with Crippen molar-refractivity contribution in [1.29, 1.82) is 0 Å². The van der Waals surface area contributed by atoms with Gasteiger partial charge in [0.15, 0.2) is 0 Å². The lowest BCUT2D eigenvalue weighted by atomic mass is 10.2. The second-order valence-corrected chi connectivity index (χ2v) is 4.32. The highest BCUT2D eigenvalue weighted by atomic mass is 16.3. The fourth-order valence-electron chi connectivity index (χ4n) is 1.64. The number of aryl methyl sites for hydroxylation is 1. The van der Waals surface area contributed by atoms with Crippen molar-refractivity contribution in [2.75, 3.05) is 10.6 Å². The van der Waals surface area contributed by atoms with Crippen LogP contribution in [0, 0.1) is 6.92 Å². The Morgan fingerprint density at radius 2 is 1.50 bits per heavy atom. The van der Waals surface area contributed by atoms with Crippen molar-refractivity contribution in [3.05, 3.63) is 54.1 Å². The second-order valence-electron chi connectivity index (χ2n) is 4.32. The lowest BCUT2D eigenvalue weighted by Gasteiger charge is -2.07.